The quantitative estimate of drug-likeness (QED) is 0.393. The van der Waals surface area contributed by atoms with Crippen LogP contribution < -0.4 is 10.2 Å². The number of hydrogen-bond donors (Lipinski definition) is 1. The van der Waals surface area contributed by atoms with Gasteiger partial charge in [-0.3, -0.25) is 4.79 Å². The lowest BCUT2D eigenvalue weighted by atomic mass is 10.2. The fraction of sp³-hybridized carbons (Fsp3) is 0.0435. The third kappa shape index (κ3) is 4.27. The second-order valence-corrected chi connectivity index (χ2v) is 6.19. The van der Waals surface area contributed by atoms with Crippen molar-refractivity contribution in [2.45, 2.75) is 6.61 Å². The van der Waals surface area contributed by atoms with Crippen molar-refractivity contribution < 1.29 is 13.9 Å². The number of carbonyl (C=O) groups is 1. The number of hydrazone groups is 1. The van der Waals surface area contributed by atoms with Crippen LogP contribution in [0.5, 0.6) is 5.75 Å². The molecule has 0 aliphatic rings. The van der Waals surface area contributed by atoms with Crippen LogP contribution in [0.1, 0.15) is 21.7 Å². The van der Waals surface area contributed by atoms with Gasteiger partial charge in [-0.15, -0.1) is 0 Å². The topological polar surface area (TPSA) is 63.8 Å². The average Bonchev–Trinajstić information content (AvgIpc) is 3.18. The Morgan fingerprint density at radius 1 is 0.964 bits per heavy atom. The predicted molar refractivity (Wildman–Crippen MR) is 108 cm³/mol. The first-order chi connectivity index (χ1) is 13.8. The molecular formula is C23H18N2O3. The standard InChI is InChI=1S/C23H18N2O3/c26-23(22-14-19-8-4-5-9-21(19)28-22)25-24-15-17-10-12-20(13-11-17)27-16-18-6-2-1-3-7-18/h1-15H,16H2,(H,25,26)/b24-15-. The number of fused-ring (bicyclic) bond motifs is 1. The molecule has 0 aliphatic carbocycles. The van der Waals surface area contributed by atoms with Crippen LogP contribution in [0.25, 0.3) is 11.0 Å². The third-order valence-electron chi connectivity index (χ3n) is 4.16. The Labute approximate surface area is 162 Å². The molecule has 1 heterocycles. The minimum atomic E-state index is -0.393. The molecular weight excluding hydrogens is 352 g/mol. The SMILES string of the molecule is O=C(N/N=C\c1ccc(OCc2ccccc2)cc1)c1cc2ccccc2o1. The van der Waals surface area contributed by atoms with Gasteiger partial charge in [0.25, 0.3) is 0 Å². The van der Waals surface area contributed by atoms with E-state index in [2.05, 4.69) is 10.5 Å². The molecule has 28 heavy (non-hydrogen) atoms. The third-order valence-corrected chi connectivity index (χ3v) is 4.16. The highest BCUT2D eigenvalue weighted by atomic mass is 16.5. The Bertz CT molecular complexity index is 1070. The number of nitrogens with zero attached hydrogens (tertiary/aromatic N) is 1. The summed E-state index contributed by atoms with van der Waals surface area (Å²) < 4.78 is 11.3. The van der Waals surface area contributed by atoms with Gasteiger partial charge in [-0.1, -0.05) is 48.5 Å². The Morgan fingerprint density at radius 2 is 1.71 bits per heavy atom. The molecule has 0 atom stereocenters. The smallest absolute Gasteiger partial charge is 0.307 e. The Balaban J connectivity index is 1.32. The van der Waals surface area contributed by atoms with Crippen LogP contribution in [0.3, 0.4) is 0 Å². The largest absolute Gasteiger partial charge is 0.489 e. The second-order valence-electron chi connectivity index (χ2n) is 6.19. The van der Waals surface area contributed by atoms with Crippen LogP contribution in [0.2, 0.25) is 0 Å². The summed E-state index contributed by atoms with van der Waals surface area (Å²) in [7, 11) is 0. The maximum atomic E-state index is 12.1. The summed E-state index contributed by atoms with van der Waals surface area (Å²) in [5.41, 5.74) is 5.10. The lowest BCUT2D eigenvalue weighted by molar-refractivity contribution is 0.0929. The second kappa shape index (κ2) is 8.22. The first kappa shape index (κ1) is 17.5. The molecule has 0 unspecified atom stereocenters. The number of carbonyl (C=O) groups excluding carboxylic acids is 1. The van der Waals surface area contributed by atoms with Crippen molar-refractivity contribution in [3.8, 4) is 5.75 Å². The van der Waals surface area contributed by atoms with E-state index in [1.54, 1.807) is 12.3 Å². The number of ether oxygens (including phenoxy) is 1. The summed E-state index contributed by atoms with van der Waals surface area (Å²) >= 11 is 0. The Morgan fingerprint density at radius 3 is 2.50 bits per heavy atom. The molecule has 5 nitrogen and oxygen atoms in total. The Hall–Kier alpha value is -3.86. The van der Waals surface area contributed by atoms with Crippen LogP contribution >= 0.6 is 0 Å². The molecule has 0 saturated carbocycles. The van der Waals surface area contributed by atoms with Gasteiger partial charge in [0.1, 0.15) is 17.9 Å². The maximum Gasteiger partial charge on any atom is 0.307 e. The number of nitrogens with one attached hydrogen (secondary N) is 1. The van der Waals surface area contributed by atoms with Crippen molar-refractivity contribution in [2.75, 3.05) is 0 Å². The van der Waals surface area contributed by atoms with E-state index in [4.69, 9.17) is 9.15 Å². The molecule has 0 saturated heterocycles. The summed E-state index contributed by atoms with van der Waals surface area (Å²) in [6.45, 7) is 0.516. The summed E-state index contributed by atoms with van der Waals surface area (Å²) in [5.74, 6) is 0.602. The van der Waals surface area contributed by atoms with Gasteiger partial charge in [0.15, 0.2) is 5.76 Å². The zero-order valence-electron chi connectivity index (χ0n) is 15.0. The molecule has 1 aromatic heterocycles. The summed E-state index contributed by atoms with van der Waals surface area (Å²) in [4.78, 5) is 12.1. The zero-order chi connectivity index (χ0) is 19.2. The fourth-order valence-corrected chi connectivity index (χ4v) is 2.71. The van der Waals surface area contributed by atoms with Crippen LogP contribution in [0.15, 0.2) is 94.4 Å². The number of hydrogen-bond acceptors (Lipinski definition) is 4. The molecule has 4 aromatic rings. The molecule has 1 N–H and O–H groups in total. The van der Waals surface area contributed by atoms with E-state index in [-0.39, 0.29) is 5.76 Å². The van der Waals surface area contributed by atoms with Crippen molar-refractivity contribution in [3.63, 3.8) is 0 Å². The number of furan rings is 1. The van der Waals surface area contributed by atoms with E-state index in [0.29, 0.717) is 12.2 Å². The van der Waals surface area contributed by atoms with E-state index >= 15 is 0 Å². The molecule has 3 aromatic carbocycles. The van der Waals surface area contributed by atoms with Gasteiger partial charge in [-0.25, -0.2) is 5.43 Å². The monoisotopic (exact) mass is 370 g/mol. The van der Waals surface area contributed by atoms with Crippen molar-refractivity contribution in [1.82, 2.24) is 5.43 Å². The van der Waals surface area contributed by atoms with E-state index in [1.165, 1.54) is 0 Å². The maximum absolute atomic E-state index is 12.1. The average molecular weight is 370 g/mol. The first-order valence-electron chi connectivity index (χ1n) is 8.87. The van der Waals surface area contributed by atoms with Gasteiger partial charge < -0.3 is 9.15 Å². The normalized spacial score (nSPS) is 11.0. The number of amides is 1. The minimum Gasteiger partial charge on any atom is -0.489 e. The van der Waals surface area contributed by atoms with Crippen molar-refractivity contribution >= 4 is 23.1 Å². The van der Waals surface area contributed by atoms with Crippen molar-refractivity contribution in [3.05, 3.63) is 102 Å². The first-order valence-corrected chi connectivity index (χ1v) is 8.87. The molecule has 0 bridgehead atoms. The lowest BCUT2D eigenvalue weighted by Crippen LogP contribution is -2.16. The lowest BCUT2D eigenvalue weighted by Gasteiger charge is -2.06. The van der Waals surface area contributed by atoms with E-state index in [9.17, 15) is 4.79 Å². The summed E-state index contributed by atoms with van der Waals surface area (Å²) in [6.07, 6.45) is 1.57. The number of benzene rings is 3. The van der Waals surface area contributed by atoms with Gasteiger partial charge in [0.05, 0.1) is 6.21 Å². The molecule has 0 aliphatic heterocycles. The van der Waals surface area contributed by atoms with Crippen LogP contribution in [-0.4, -0.2) is 12.1 Å². The van der Waals surface area contributed by atoms with E-state index in [1.807, 2.05) is 78.9 Å². The molecule has 138 valence electrons. The molecule has 0 radical (unpaired) electrons. The highest BCUT2D eigenvalue weighted by Crippen LogP contribution is 2.18. The van der Waals surface area contributed by atoms with Crippen LogP contribution in [0.4, 0.5) is 0 Å². The van der Waals surface area contributed by atoms with Crippen LogP contribution in [-0.2, 0) is 6.61 Å². The summed E-state index contributed by atoms with van der Waals surface area (Å²) in [5, 5.41) is 4.86. The Kier molecular flexibility index (Phi) is 5.15. The molecule has 0 spiro atoms. The van der Waals surface area contributed by atoms with Gasteiger partial charge in [0.2, 0.25) is 0 Å². The van der Waals surface area contributed by atoms with Gasteiger partial charge in [0, 0.05) is 5.39 Å². The number of rotatable bonds is 6. The van der Waals surface area contributed by atoms with Gasteiger partial charge in [-0.2, -0.15) is 5.10 Å². The molecule has 4 rings (SSSR count). The van der Waals surface area contributed by atoms with Crippen LogP contribution in [0, 0.1) is 0 Å². The van der Waals surface area contributed by atoms with Gasteiger partial charge >= 0.3 is 5.91 Å². The van der Waals surface area contributed by atoms with Gasteiger partial charge in [-0.05, 0) is 47.5 Å². The minimum absolute atomic E-state index is 0.225. The zero-order valence-corrected chi connectivity index (χ0v) is 15.0. The number of para-hydroxylation sites is 1. The molecule has 1 amide bonds. The summed E-state index contributed by atoms with van der Waals surface area (Å²) in [6, 6.07) is 26.6. The fourth-order valence-electron chi connectivity index (χ4n) is 2.71. The van der Waals surface area contributed by atoms with E-state index in [0.717, 1.165) is 22.3 Å². The highest BCUT2D eigenvalue weighted by Gasteiger charge is 2.10. The molecule has 5 heteroatoms. The predicted octanol–water partition coefficient (Wildman–Crippen LogP) is 4.78. The highest BCUT2D eigenvalue weighted by molar-refractivity contribution is 5.96. The van der Waals surface area contributed by atoms with Crippen molar-refractivity contribution in [2.24, 2.45) is 5.10 Å². The van der Waals surface area contributed by atoms with Crippen molar-refractivity contribution in [1.29, 1.82) is 0 Å². The molecule has 0 fully saturated rings. The van der Waals surface area contributed by atoms with E-state index < -0.39 is 5.91 Å².